The van der Waals surface area contributed by atoms with Crippen LogP contribution in [-0.4, -0.2) is 42.0 Å². The third-order valence-corrected chi connectivity index (χ3v) is 4.28. The Labute approximate surface area is 168 Å². The average Bonchev–Trinajstić information content (AvgIpc) is 2.61. The van der Waals surface area contributed by atoms with Gasteiger partial charge in [0.1, 0.15) is 5.56 Å². The van der Waals surface area contributed by atoms with E-state index in [4.69, 9.17) is 23.2 Å². The highest BCUT2D eigenvalue weighted by Crippen LogP contribution is 2.15. The minimum absolute atomic E-state index is 0.0610. The van der Waals surface area contributed by atoms with Crippen LogP contribution in [0.3, 0.4) is 0 Å². The number of carbonyl (C=O) groups excluding carboxylic acids is 1. The van der Waals surface area contributed by atoms with Gasteiger partial charge in [0.15, 0.2) is 0 Å². The molecule has 0 atom stereocenters. The van der Waals surface area contributed by atoms with E-state index in [-0.39, 0.29) is 5.56 Å². The fourth-order valence-corrected chi connectivity index (χ4v) is 3.11. The molecular weight excluding hydrogens is 387 g/mol. The zero-order valence-electron chi connectivity index (χ0n) is 15.3. The highest BCUT2D eigenvalue weighted by molar-refractivity contribution is 6.18. The summed E-state index contributed by atoms with van der Waals surface area (Å²) < 4.78 is 0. The minimum atomic E-state index is -0.544. The van der Waals surface area contributed by atoms with Crippen LogP contribution < -0.4 is 15.9 Å². The molecule has 2 aromatic rings. The maximum atomic E-state index is 12.2. The van der Waals surface area contributed by atoms with Crippen LogP contribution in [0, 0.1) is 13.8 Å². The van der Waals surface area contributed by atoms with Crippen LogP contribution in [-0.2, 0) is 0 Å². The molecule has 27 heavy (non-hydrogen) atoms. The zero-order chi connectivity index (χ0) is 19.8. The summed E-state index contributed by atoms with van der Waals surface area (Å²) in [5.74, 6) is 0.491. The van der Waals surface area contributed by atoms with Crippen molar-refractivity contribution in [3.63, 3.8) is 0 Å². The van der Waals surface area contributed by atoms with Crippen molar-refractivity contribution < 1.29 is 4.79 Å². The quantitative estimate of drug-likeness (QED) is 0.400. The molecule has 0 saturated carbocycles. The molecule has 1 heterocycles. The van der Waals surface area contributed by atoms with Crippen molar-refractivity contribution in [1.29, 1.82) is 0 Å². The number of anilines is 1. The SMILES string of the molecule is Cc1cc(C)c(C(=O)N/N=C/c2ccc(N(CCCl)CCCl)cc2)c(=O)[nH]1. The Hall–Kier alpha value is -2.31. The Bertz CT molecular complexity index is 857. The van der Waals surface area contributed by atoms with E-state index < -0.39 is 11.5 Å². The predicted molar refractivity (Wildman–Crippen MR) is 112 cm³/mol. The Kier molecular flexibility index (Phi) is 7.88. The molecule has 0 aliphatic heterocycles. The second-order valence-corrected chi connectivity index (χ2v) is 6.75. The van der Waals surface area contributed by atoms with Crippen molar-refractivity contribution in [2.45, 2.75) is 13.8 Å². The minimum Gasteiger partial charge on any atom is -0.369 e. The number of rotatable bonds is 8. The summed E-state index contributed by atoms with van der Waals surface area (Å²) >= 11 is 11.6. The standard InChI is InChI=1S/C19H22Cl2N4O2/c1-13-11-14(2)23-18(26)17(13)19(27)24-22-12-15-3-5-16(6-4-15)25(9-7-20)10-8-21/h3-6,11-12H,7-10H2,1-2H3,(H,23,26)(H,24,27)/b22-12+. The Morgan fingerprint density at radius 1 is 1.19 bits per heavy atom. The Morgan fingerprint density at radius 3 is 2.37 bits per heavy atom. The van der Waals surface area contributed by atoms with Crippen LogP contribution in [0.4, 0.5) is 5.69 Å². The number of H-pyrrole nitrogens is 1. The van der Waals surface area contributed by atoms with Gasteiger partial charge in [0.05, 0.1) is 6.21 Å². The number of hydrogen-bond acceptors (Lipinski definition) is 4. The van der Waals surface area contributed by atoms with Crippen molar-refractivity contribution in [3.05, 3.63) is 63.1 Å². The molecule has 1 aromatic carbocycles. The fraction of sp³-hybridized carbons (Fsp3) is 0.316. The van der Waals surface area contributed by atoms with E-state index in [1.54, 1.807) is 19.9 Å². The van der Waals surface area contributed by atoms with E-state index >= 15 is 0 Å². The van der Waals surface area contributed by atoms with Gasteiger partial charge in [-0.3, -0.25) is 9.59 Å². The number of hydrogen-bond donors (Lipinski definition) is 2. The first-order chi connectivity index (χ1) is 13.0. The molecule has 2 rings (SSSR count). The molecule has 1 aromatic heterocycles. The van der Waals surface area contributed by atoms with Gasteiger partial charge in [0, 0.05) is 36.2 Å². The number of halogens is 2. The lowest BCUT2D eigenvalue weighted by Crippen LogP contribution is -2.28. The summed E-state index contributed by atoms with van der Waals surface area (Å²) in [6.07, 6.45) is 1.52. The molecule has 0 aliphatic rings. The number of aromatic amines is 1. The van der Waals surface area contributed by atoms with E-state index in [1.165, 1.54) is 6.21 Å². The van der Waals surface area contributed by atoms with Crippen molar-refractivity contribution in [2.24, 2.45) is 5.10 Å². The van der Waals surface area contributed by atoms with E-state index in [2.05, 4.69) is 20.4 Å². The third kappa shape index (κ3) is 5.84. The molecule has 144 valence electrons. The van der Waals surface area contributed by atoms with Gasteiger partial charge in [-0.15, -0.1) is 23.2 Å². The number of aryl methyl sites for hydroxylation is 2. The molecule has 0 fully saturated rings. The molecule has 0 aliphatic carbocycles. The summed E-state index contributed by atoms with van der Waals surface area (Å²) in [6, 6.07) is 9.38. The van der Waals surface area contributed by atoms with E-state index in [9.17, 15) is 9.59 Å². The second-order valence-electron chi connectivity index (χ2n) is 6.00. The molecule has 8 heteroatoms. The van der Waals surface area contributed by atoms with Crippen molar-refractivity contribution in [1.82, 2.24) is 10.4 Å². The Balaban J connectivity index is 2.04. The van der Waals surface area contributed by atoms with Crippen LogP contribution in [0.1, 0.15) is 27.2 Å². The second kappa shape index (κ2) is 10.1. The molecule has 0 saturated heterocycles. The molecule has 0 bridgehead atoms. The first kappa shape index (κ1) is 21.0. The predicted octanol–water partition coefficient (Wildman–Crippen LogP) is 3.04. The number of nitrogens with one attached hydrogen (secondary N) is 2. The highest BCUT2D eigenvalue weighted by atomic mass is 35.5. The zero-order valence-corrected chi connectivity index (χ0v) is 16.8. The lowest BCUT2D eigenvalue weighted by atomic mass is 10.1. The van der Waals surface area contributed by atoms with Gasteiger partial charge >= 0.3 is 0 Å². The van der Waals surface area contributed by atoms with Gasteiger partial charge in [-0.1, -0.05) is 12.1 Å². The summed E-state index contributed by atoms with van der Waals surface area (Å²) in [5.41, 5.74) is 5.16. The number of amides is 1. The van der Waals surface area contributed by atoms with Crippen molar-refractivity contribution >= 4 is 41.0 Å². The molecule has 6 nitrogen and oxygen atoms in total. The van der Waals surface area contributed by atoms with Gasteiger partial charge in [-0.05, 0) is 43.2 Å². The van der Waals surface area contributed by atoms with Crippen molar-refractivity contribution in [2.75, 3.05) is 29.7 Å². The molecule has 0 unspecified atom stereocenters. The van der Waals surface area contributed by atoms with E-state index in [1.807, 2.05) is 24.3 Å². The highest BCUT2D eigenvalue weighted by Gasteiger charge is 2.13. The van der Waals surface area contributed by atoms with Gasteiger partial charge in [-0.2, -0.15) is 5.10 Å². The van der Waals surface area contributed by atoms with Crippen LogP contribution in [0.15, 0.2) is 40.2 Å². The molecular formula is C19H22Cl2N4O2. The number of aromatic nitrogens is 1. The first-order valence-electron chi connectivity index (χ1n) is 8.47. The number of benzene rings is 1. The first-order valence-corrected chi connectivity index (χ1v) is 9.54. The van der Waals surface area contributed by atoms with Gasteiger partial charge in [0.2, 0.25) is 0 Å². The maximum Gasteiger partial charge on any atom is 0.277 e. The lowest BCUT2D eigenvalue weighted by Gasteiger charge is -2.22. The third-order valence-electron chi connectivity index (χ3n) is 3.94. The number of hydrazone groups is 1. The Morgan fingerprint density at radius 2 is 1.81 bits per heavy atom. The largest absolute Gasteiger partial charge is 0.369 e. The lowest BCUT2D eigenvalue weighted by molar-refractivity contribution is 0.0953. The summed E-state index contributed by atoms with van der Waals surface area (Å²) in [5, 5.41) is 3.94. The molecule has 0 radical (unpaired) electrons. The van der Waals surface area contributed by atoms with Crippen LogP contribution in [0.25, 0.3) is 0 Å². The average molecular weight is 409 g/mol. The summed E-state index contributed by atoms with van der Waals surface area (Å²) in [6.45, 7) is 4.90. The van der Waals surface area contributed by atoms with Crippen molar-refractivity contribution in [3.8, 4) is 0 Å². The summed E-state index contributed by atoms with van der Waals surface area (Å²) in [7, 11) is 0. The van der Waals surface area contributed by atoms with E-state index in [0.717, 1.165) is 11.3 Å². The maximum absolute atomic E-state index is 12.2. The topological polar surface area (TPSA) is 77.6 Å². The number of alkyl halides is 2. The molecule has 1 amide bonds. The van der Waals surface area contributed by atoms with Crippen LogP contribution in [0.5, 0.6) is 0 Å². The number of pyridine rings is 1. The summed E-state index contributed by atoms with van der Waals surface area (Å²) in [4.78, 5) is 28.9. The van der Waals surface area contributed by atoms with E-state index in [0.29, 0.717) is 36.1 Å². The molecule has 0 spiro atoms. The van der Waals surface area contributed by atoms with Gasteiger partial charge < -0.3 is 9.88 Å². The fourth-order valence-electron chi connectivity index (χ4n) is 2.70. The van der Waals surface area contributed by atoms with Crippen LogP contribution in [0.2, 0.25) is 0 Å². The smallest absolute Gasteiger partial charge is 0.277 e. The molecule has 2 N–H and O–H groups in total. The number of carbonyl (C=O) groups is 1. The normalized spacial score (nSPS) is 11.0. The van der Waals surface area contributed by atoms with Gasteiger partial charge in [-0.25, -0.2) is 5.43 Å². The van der Waals surface area contributed by atoms with Crippen LogP contribution >= 0.6 is 23.2 Å². The number of nitrogens with zero attached hydrogens (tertiary/aromatic N) is 2. The monoisotopic (exact) mass is 408 g/mol. The van der Waals surface area contributed by atoms with Gasteiger partial charge in [0.25, 0.3) is 11.5 Å².